The Morgan fingerprint density at radius 3 is 2.10 bits per heavy atom. The summed E-state index contributed by atoms with van der Waals surface area (Å²) in [5.74, 6) is 1.12. The van der Waals surface area contributed by atoms with E-state index in [9.17, 15) is 9.59 Å². The second-order valence-electron chi connectivity index (χ2n) is 5.46. The Morgan fingerprint density at radius 2 is 1.52 bits per heavy atom. The molecule has 0 aliphatic carbocycles. The van der Waals surface area contributed by atoms with Crippen molar-refractivity contribution >= 4 is 12.1 Å². The van der Waals surface area contributed by atoms with E-state index < -0.39 is 0 Å². The SMILES string of the molecule is CC(=O)CCCCCCCCCOc1ccc(C=O)cc1. The van der Waals surface area contributed by atoms with E-state index in [1.807, 2.05) is 12.1 Å². The summed E-state index contributed by atoms with van der Waals surface area (Å²) in [4.78, 5) is 21.3. The van der Waals surface area contributed by atoms with Crippen molar-refractivity contribution in [1.82, 2.24) is 0 Å². The van der Waals surface area contributed by atoms with E-state index in [1.54, 1.807) is 19.1 Å². The molecule has 116 valence electrons. The van der Waals surface area contributed by atoms with Crippen LogP contribution in [-0.2, 0) is 4.79 Å². The van der Waals surface area contributed by atoms with Crippen LogP contribution in [0.3, 0.4) is 0 Å². The van der Waals surface area contributed by atoms with Crippen molar-refractivity contribution in [3.8, 4) is 5.75 Å². The van der Waals surface area contributed by atoms with Crippen molar-refractivity contribution in [3.63, 3.8) is 0 Å². The third-order valence-corrected chi connectivity index (χ3v) is 3.46. The highest BCUT2D eigenvalue weighted by Crippen LogP contribution is 2.13. The molecule has 0 spiro atoms. The van der Waals surface area contributed by atoms with Gasteiger partial charge in [-0.25, -0.2) is 0 Å². The monoisotopic (exact) mass is 290 g/mol. The lowest BCUT2D eigenvalue weighted by molar-refractivity contribution is -0.117. The second-order valence-corrected chi connectivity index (χ2v) is 5.46. The average Bonchev–Trinajstić information content (AvgIpc) is 2.49. The van der Waals surface area contributed by atoms with Gasteiger partial charge in [-0.1, -0.05) is 32.1 Å². The first-order chi connectivity index (χ1) is 10.2. The maximum atomic E-state index is 10.8. The van der Waals surface area contributed by atoms with Crippen LogP contribution in [0.4, 0.5) is 0 Å². The molecule has 0 aliphatic heterocycles. The van der Waals surface area contributed by atoms with Crippen LogP contribution in [-0.4, -0.2) is 18.7 Å². The second kappa shape index (κ2) is 11.1. The number of benzene rings is 1. The Labute approximate surface area is 127 Å². The van der Waals surface area contributed by atoms with Gasteiger partial charge in [0.1, 0.15) is 17.8 Å². The highest BCUT2D eigenvalue weighted by atomic mass is 16.5. The molecule has 3 nitrogen and oxygen atoms in total. The summed E-state index contributed by atoms with van der Waals surface area (Å²) in [5.41, 5.74) is 0.673. The maximum Gasteiger partial charge on any atom is 0.150 e. The fourth-order valence-electron chi connectivity index (χ4n) is 2.19. The lowest BCUT2D eigenvalue weighted by Crippen LogP contribution is -1.97. The molecule has 3 heteroatoms. The molecule has 0 aliphatic rings. The van der Waals surface area contributed by atoms with Gasteiger partial charge in [-0.2, -0.15) is 0 Å². The van der Waals surface area contributed by atoms with Crippen molar-refractivity contribution < 1.29 is 14.3 Å². The van der Waals surface area contributed by atoms with Crippen molar-refractivity contribution in [2.75, 3.05) is 6.61 Å². The molecule has 0 N–H and O–H groups in total. The normalized spacial score (nSPS) is 10.3. The molecular formula is C18H26O3. The molecule has 0 atom stereocenters. The first-order valence-corrected chi connectivity index (χ1v) is 7.90. The quantitative estimate of drug-likeness (QED) is 0.418. The van der Waals surface area contributed by atoms with Crippen molar-refractivity contribution in [2.45, 2.75) is 58.3 Å². The van der Waals surface area contributed by atoms with Crippen LogP contribution in [0.15, 0.2) is 24.3 Å². The number of Topliss-reactive ketones (excluding diaryl/α,β-unsaturated/α-hetero) is 1. The zero-order valence-corrected chi connectivity index (χ0v) is 13.0. The number of carbonyl (C=O) groups is 2. The van der Waals surface area contributed by atoms with Gasteiger partial charge >= 0.3 is 0 Å². The molecule has 21 heavy (non-hydrogen) atoms. The predicted octanol–water partition coefficient (Wildman–Crippen LogP) is 4.59. The lowest BCUT2D eigenvalue weighted by Gasteiger charge is -2.06. The molecule has 1 aromatic rings. The van der Waals surface area contributed by atoms with Crippen LogP contribution in [0.2, 0.25) is 0 Å². The first kappa shape index (κ1) is 17.4. The fraction of sp³-hybridized carbons (Fsp3) is 0.556. The highest BCUT2D eigenvalue weighted by molar-refractivity contribution is 5.75. The Morgan fingerprint density at radius 1 is 0.952 bits per heavy atom. The number of carbonyl (C=O) groups excluding carboxylic acids is 2. The van der Waals surface area contributed by atoms with Gasteiger partial charge in [0.25, 0.3) is 0 Å². The molecular weight excluding hydrogens is 264 g/mol. The molecule has 0 bridgehead atoms. The van der Waals surface area contributed by atoms with Crippen LogP contribution >= 0.6 is 0 Å². The smallest absolute Gasteiger partial charge is 0.150 e. The van der Waals surface area contributed by atoms with Gasteiger partial charge in [-0.15, -0.1) is 0 Å². The van der Waals surface area contributed by atoms with E-state index in [0.29, 0.717) is 11.3 Å². The van der Waals surface area contributed by atoms with E-state index in [4.69, 9.17) is 4.74 Å². The number of hydrogen-bond donors (Lipinski definition) is 0. The summed E-state index contributed by atoms with van der Waals surface area (Å²) in [5, 5.41) is 0. The van der Waals surface area contributed by atoms with Crippen molar-refractivity contribution in [2.24, 2.45) is 0 Å². The third-order valence-electron chi connectivity index (χ3n) is 3.46. The standard InChI is InChI=1S/C18H26O3/c1-16(20)9-7-5-3-2-4-6-8-14-21-18-12-10-17(15-19)11-13-18/h10-13,15H,2-9,14H2,1H3. The zero-order valence-electron chi connectivity index (χ0n) is 13.0. The number of unbranched alkanes of at least 4 members (excludes halogenated alkanes) is 6. The van der Waals surface area contributed by atoms with Crippen molar-refractivity contribution in [1.29, 1.82) is 0 Å². The van der Waals surface area contributed by atoms with Crippen molar-refractivity contribution in [3.05, 3.63) is 29.8 Å². The average molecular weight is 290 g/mol. The maximum absolute atomic E-state index is 10.8. The molecule has 0 radical (unpaired) electrons. The van der Waals surface area contributed by atoms with Gasteiger partial charge in [0.15, 0.2) is 0 Å². The van der Waals surface area contributed by atoms with E-state index in [1.165, 1.54) is 32.1 Å². The largest absolute Gasteiger partial charge is 0.494 e. The topological polar surface area (TPSA) is 43.4 Å². The lowest BCUT2D eigenvalue weighted by atomic mass is 10.1. The Hall–Kier alpha value is -1.64. The van der Waals surface area contributed by atoms with Gasteiger partial charge in [0, 0.05) is 12.0 Å². The molecule has 0 amide bonds. The number of ketones is 1. The molecule has 0 heterocycles. The molecule has 1 rings (SSSR count). The van der Waals surface area contributed by atoms with E-state index in [2.05, 4.69) is 0 Å². The Bertz CT molecular complexity index is 409. The van der Waals surface area contributed by atoms with Crippen LogP contribution in [0.1, 0.15) is 68.6 Å². The minimum Gasteiger partial charge on any atom is -0.494 e. The van der Waals surface area contributed by atoms with E-state index in [-0.39, 0.29) is 0 Å². The molecule has 0 saturated heterocycles. The number of hydrogen-bond acceptors (Lipinski definition) is 3. The number of aldehydes is 1. The Kier molecular flexibility index (Phi) is 9.18. The van der Waals surface area contributed by atoms with Gasteiger partial charge < -0.3 is 9.53 Å². The summed E-state index contributed by atoms with van der Waals surface area (Å²) < 4.78 is 5.62. The summed E-state index contributed by atoms with van der Waals surface area (Å²) in [6.45, 7) is 2.39. The highest BCUT2D eigenvalue weighted by Gasteiger charge is 1.96. The number of rotatable bonds is 12. The first-order valence-electron chi connectivity index (χ1n) is 7.90. The fourth-order valence-corrected chi connectivity index (χ4v) is 2.19. The van der Waals surface area contributed by atoms with E-state index >= 15 is 0 Å². The summed E-state index contributed by atoms with van der Waals surface area (Å²) in [6, 6.07) is 7.20. The zero-order chi connectivity index (χ0) is 15.3. The molecule has 1 aromatic carbocycles. The Balaban J connectivity index is 1.92. The van der Waals surface area contributed by atoms with Crippen LogP contribution in [0.25, 0.3) is 0 Å². The molecule has 0 fully saturated rings. The van der Waals surface area contributed by atoms with Crippen LogP contribution in [0, 0.1) is 0 Å². The van der Waals surface area contributed by atoms with Gasteiger partial charge in [0.05, 0.1) is 6.61 Å². The predicted molar refractivity (Wildman–Crippen MR) is 84.9 cm³/mol. The summed E-state index contributed by atoms with van der Waals surface area (Å²) >= 11 is 0. The molecule has 0 aromatic heterocycles. The molecule has 0 unspecified atom stereocenters. The van der Waals surface area contributed by atoms with Gasteiger partial charge in [-0.3, -0.25) is 4.79 Å². The minimum absolute atomic E-state index is 0.299. The van der Waals surface area contributed by atoms with Gasteiger partial charge in [-0.05, 0) is 44.0 Å². The van der Waals surface area contributed by atoms with Crippen LogP contribution in [0.5, 0.6) is 5.75 Å². The molecule has 0 saturated carbocycles. The summed E-state index contributed by atoms with van der Waals surface area (Å²) in [7, 11) is 0. The van der Waals surface area contributed by atoms with Gasteiger partial charge in [0.2, 0.25) is 0 Å². The third kappa shape index (κ3) is 9.01. The number of ether oxygens (including phenoxy) is 1. The minimum atomic E-state index is 0.299. The van der Waals surface area contributed by atoms with E-state index in [0.717, 1.165) is 37.9 Å². The van der Waals surface area contributed by atoms with Crippen LogP contribution < -0.4 is 4.74 Å². The summed E-state index contributed by atoms with van der Waals surface area (Å²) in [6.07, 6.45) is 9.70.